The molecule has 4 aromatic rings. The number of nitrogens with one attached hydrogen (secondary N) is 1. The molecule has 1 saturated heterocycles. The minimum absolute atomic E-state index is 0.269. The zero-order valence-corrected chi connectivity index (χ0v) is 23.3. The molecule has 8 heteroatoms. The first kappa shape index (κ1) is 27.5. The third kappa shape index (κ3) is 6.57. The molecule has 210 valence electrons. The van der Waals surface area contributed by atoms with E-state index in [0.29, 0.717) is 19.2 Å². The highest BCUT2D eigenvalue weighted by atomic mass is 19.1. The number of ether oxygens (including phenoxy) is 3. The second-order valence-corrected chi connectivity index (χ2v) is 9.79. The van der Waals surface area contributed by atoms with Gasteiger partial charge in [0.15, 0.2) is 5.76 Å². The summed E-state index contributed by atoms with van der Waals surface area (Å²) < 4.78 is 36.9. The van der Waals surface area contributed by atoms with Gasteiger partial charge in [0.1, 0.15) is 23.1 Å². The second-order valence-electron chi connectivity index (χ2n) is 9.79. The van der Waals surface area contributed by atoms with Crippen molar-refractivity contribution in [3.05, 3.63) is 78.2 Å². The molecule has 0 unspecified atom stereocenters. The van der Waals surface area contributed by atoms with Crippen LogP contribution >= 0.6 is 0 Å². The van der Waals surface area contributed by atoms with Crippen molar-refractivity contribution in [1.82, 2.24) is 9.88 Å². The number of aromatic nitrogens is 1. The number of rotatable bonds is 11. The molecule has 1 aliphatic heterocycles. The van der Waals surface area contributed by atoms with Crippen molar-refractivity contribution in [3.8, 4) is 39.7 Å². The van der Waals surface area contributed by atoms with Crippen LogP contribution in [0.3, 0.4) is 0 Å². The maximum Gasteiger partial charge on any atom is 0.295 e. The van der Waals surface area contributed by atoms with Gasteiger partial charge in [0.2, 0.25) is 0 Å². The lowest BCUT2D eigenvalue weighted by atomic mass is 9.99. The molecule has 2 heterocycles. The van der Waals surface area contributed by atoms with Crippen LogP contribution in [0.1, 0.15) is 32.3 Å². The molecule has 0 amide bonds. The van der Waals surface area contributed by atoms with E-state index in [0.717, 1.165) is 77.7 Å². The number of methoxy groups -OCH3 is 1. The summed E-state index contributed by atoms with van der Waals surface area (Å²) in [6.07, 6.45) is 3.70. The van der Waals surface area contributed by atoms with Crippen molar-refractivity contribution in [2.45, 2.75) is 39.3 Å². The summed E-state index contributed by atoms with van der Waals surface area (Å²) in [6.45, 7) is 7.66. The average molecular weight is 546 g/mol. The minimum Gasteiger partial charge on any atom is -0.497 e. The lowest BCUT2D eigenvalue weighted by Crippen LogP contribution is -2.38. The van der Waals surface area contributed by atoms with Crippen molar-refractivity contribution in [1.29, 1.82) is 0 Å². The van der Waals surface area contributed by atoms with Crippen LogP contribution in [-0.2, 0) is 6.54 Å². The molecule has 0 saturated carbocycles. The van der Waals surface area contributed by atoms with Crippen LogP contribution < -0.4 is 19.5 Å². The number of hydrogen-bond acceptors (Lipinski definition) is 7. The number of halogens is 1. The summed E-state index contributed by atoms with van der Waals surface area (Å²) in [5.74, 6) is 2.77. The standard InChI is InChI=1S/C32H36FN3O4/c1-4-38-28-18-22(19-29(39-5-2)31(28)24-6-10-25(33)11-7-24)21-36-16-14-26(15-17-36)35-32-34-20-30(40-32)23-8-12-27(37-3)13-9-23/h6-13,18-20,26H,4-5,14-17,21H2,1-3H3,(H,34,35). The number of oxazole rings is 1. The lowest BCUT2D eigenvalue weighted by Gasteiger charge is -2.32. The Morgan fingerprint density at radius 3 is 2.15 bits per heavy atom. The Bertz CT molecular complexity index is 1350. The van der Waals surface area contributed by atoms with E-state index in [1.54, 1.807) is 25.4 Å². The van der Waals surface area contributed by atoms with Gasteiger partial charge in [0.05, 0.1) is 32.1 Å². The molecule has 40 heavy (non-hydrogen) atoms. The lowest BCUT2D eigenvalue weighted by molar-refractivity contribution is 0.209. The number of piperidine rings is 1. The summed E-state index contributed by atoms with van der Waals surface area (Å²) in [5.41, 5.74) is 3.81. The van der Waals surface area contributed by atoms with Crippen LogP contribution in [0.2, 0.25) is 0 Å². The van der Waals surface area contributed by atoms with Crippen molar-refractivity contribution < 1.29 is 23.0 Å². The van der Waals surface area contributed by atoms with E-state index < -0.39 is 0 Å². The Kier molecular flexibility index (Phi) is 8.86. The van der Waals surface area contributed by atoms with Crippen LogP contribution in [0.4, 0.5) is 10.4 Å². The second kappa shape index (κ2) is 12.9. The third-order valence-electron chi connectivity index (χ3n) is 7.06. The van der Waals surface area contributed by atoms with Crippen LogP contribution in [0.25, 0.3) is 22.5 Å². The number of hydrogen-bond donors (Lipinski definition) is 1. The molecule has 1 fully saturated rings. The van der Waals surface area contributed by atoms with E-state index in [2.05, 4.69) is 27.3 Å². The quantitative estimate of drug-likeness (QED) is 0.217. The van der Waals surface area contributed by atoms with Gasteiger partial charge in [-0.05, 0) is 86.3 Å². The summed E-state index contributed by atoms with van der Waals surface area (Å²) in [6, 6.07) is 19.2. The van der Waals surface area contributed by atoms with Gasteiger partial charge < -0.3 is 23.9 Å². The summed E-state index contributed by atoms with van der Waals surface area (Å²) >= 11 is 0. The molecule has 1 aliphatic rings. The molecule has 0 spiro atoms. The molecule has 3 aromatic carbocycles. The summed E-state index contributed by atoms with van der Waals surface area (Å²) in [4.78, 5) is 6.88. The predicted molar refractivity (Wildman–Crippen MR) is 155 cm³/mol. The number of nitrogens with zero attached hydrogens (tertiary/aromatic N) is 2. The van der Waals surface area contributed by atoms with Gasteiger partial charge in [-0.2, -0.15) is 0 Å². The third-order valence-corrected chi connectivity index (χ3v) is 7.06. The highest BCUT2D eigenvalue weighted by Crippen LogP contribution is 2.40. The van der Waals surface area contributed by atoms with Crippen LogP contribution in [0.5, 0.6) is 17.2 Å². The van der Waals surface area contributed by atoms with Gasteiger partial charge in [0.25, 0.3) is 6.01 Å². The highest BCUT2D eigenvalue weighted by Gasteiger charge is 2.22. The van der Waals surface area contributed by atoms with Gasteiger partial charge in [0, 0.05) is 31.2 Å². The van der Waals surface area contributed by atoms with Gasteiger partial charge in [-0.15, -0.1) is 0 Å². The Morgan fingerprint density at radius 2 is 1.55 bits per heavy atom. The first-order valence-corrected chi connectivity index (χ1v) is 13.8. The molecule has 7 nitrogen and oxygen atoms in total. The molecule has 1 N–H and O–H groups in total. The number of anilines is 1. The first-order chi connectivity index (χ1) is 19.6. The molecule has 0 atom stereocenters. The van der Waals surface area contributed by atoms with E-state index in [9.17, 15) is 4.39 Å². The fourth-order valence-corrected chi connectivity index (χ4v) is 5.07. The first-order valence-electron chi connectivity index (χ1n) is 13.8. The summed E-state index contributed by atoms with van der Waals surface area (Å²) in [7, 11) is 1.65. The van der Waals surface area contributed by atoms with Gasteiger partial charge in [-0.25, -0.2) is 9.37 Å². The van der Waals surface area contributed by atoms with Gasteiger partial charge in [-0.1, -0.05) is 12.1 Å². The Morgan fingerprint density at radius 1 is 0.925 bits per heavy atom. The molecule has 0 aliphatic carbocycles. The topological polar surface area (TPSA) is 69.0 Å². The minimum atomic E-state index is -0.269. The van der Waals surface area contributed by atoms with E-state index in [1.165, 1.54) is 12.1 Å². The van der Waals surface area contributed by atoms with Crippen LogP contribution in [0.15, 0.2) is 71.3 Å². The Labute approximate surface area is 234 Å². The number of benzene rings is 3. The molecule has 1 aromatic heterocycles. The summed E-state index contributed by atoms with van der Waals surface area (Å²) in [5, 5.41) is 3.46. The van der Waals surface area contributed by atoms with Gasteiger partial charge in [-0.3, -0.25) is 4.90 Å². The molecule has 0 bridgehead atoms. The fraction of sp³-hybridized carbons (Fsp3) is 0.344. The molecular formula is C32H36FN3O4. The van der Waals surface area contributed by atoms with Crippen molar-refractivity contribution in [2.75, 3.05) is 38.7 Å². The number of likely N-dealkylation sites (tertiary alicyclic amines) is 1. The predicted octanol–water partition coefficient (Wildman–Crippen LogP) is 7.03. The monoisotopic (exact) mass is 545 g/mol. The smallest absolute Gasteiger partial charge is 0.295 e. The van der Waals surface area contributed by atoms with E-state index in [1.807, 2.05) is 38.1 Å². The zero-order valence-electron chi connectivity index (χ0n) is 23.3. The Hall–Kier alpha value is -4.04. The van der Waals surface area contributed by atoms with Crippen molar-refractivity contribution >= 4 is 6.01 Å². The largest absolute Gasteiger partial charge is 0.497 e. The average Bonchev–Trinajstić information content (AvgIpc) is 3.44. The zero-order chi connectivity index (χ0) is 27.9. The molecule has 0 radical (unpaired) electrons. The van der Waals surface area contributed by atoms with E-state index in [4.69, 9.17) is 18.6 Å². The van der Waals surface area contributed by atoms with Crippen LogP contribution in [-0.4, -0.2) is 49.3 Å². The maximum absolute atomic E-state index is 13.6. The van der Waals surface area contributed by atoms with Crippen LogP contribution in [0, 0.1) is 5.82 Å². The van der Waals surface area contributed by atoms with Crippen molar-refractivity contribution in [3.63, 3.8) is 0 Å². The van der Waals surface area contributed by atoms with Gasteiger partial charge >= 0.3 is 0 Å². The molecular weight excluding hydrogens is 509 g/mol. The van der Waals surface area contributed by atoms with E-state index >= 15 is 0 Å². The maximum atomic E-state index is 13.6. The molecule has 5 rings (SSSR count). The van der Waals surface area contributed by atoms with E-state index in [-0.39, 0.29) is 11.9 Å². The highest BCUT2D eigenvalue weighted by molar-refractivity contribution is 5.77. The normalized spacial score (nSPS) is 14.2. The Balaban J connectivity index is 1.23. The fourth-order valence-electron chi connectivity index (χ4n) is 5.07. The SMILES string of the molecule is CCOc1cc(CN2CCC(Nc3ncc(-c4ccc(OC)cc4)o3)CC2)cc(OCC)c1-c1ccc(F)cc1. The van der Waals surface area contributed by atoms with Crippen molar-refractivity contribution in [2.24, 2.45) is 0 Å².